The smallest absolute Gasteiger partial charge is 0.270 e. The molecule has 2 heterocycles. The molecule has 5 heteroatoms. The highest BCUT2D eigenvalue weighted by molar-refractivity contribution is 5.88. The zero-order valence-corrected chi connectivity index (χ0v) is 15.1. The van der Waals surface area contributed by atoms with Gasteiger partial charge in [-0.25, -0.2) is 9.97 Å². The van der Waals surface area contributed by atoms with Crippen LogP contribution >= 0.6 is 0 Å². The van der Waals surface area contributed by atoms with Crippen molar-refractivity contribution in [2.75, 3.05) is 0 Å². The Balaban J connectivity index is 1.53. The second-order valence-electron chi connectivity index (χ2n) is 7.10. The van der Waals surface area contributed by atoms with Crippen LogP contribution in [0.25, 0.3) is 22.3 Å². The van der Waals surface area contributed by atoms with E-state index in [1.54, 1.807) is 10.8 Å². The van der Waals surface area contributed by atoms with Crippen LogP contribution in [-0.2, 0) is 24.2 Å². The molecule has 0 bridgehead atoms. The minimum absolute atomic E-state index is 0.173. The number of nitrogens with zero attached hydrogens (tertiary/aromatic N) is 3. The van der Waals surface area contributed by atoms with Gasteiger partial charge in [-0.3, -0.25) is 14.2 Å². The van der Waals surface area contributed by atoms with E-state index in [9.17, 15) is 9.59 Å². The molecule has 28 heavy (non-hydrogen) atoms. The molecule has 0 saturated heterocycles. The van der Waals surface area contributed by atoms with Crippen LogP contribution in [0.15, 0.2) is 71.8 Å². The van der Waals surface area contributed by atoms with Gasteiger partial charge in [-0.15, -0.1) is 0 Å². The first-order chi connectivity index (χ1) is 13.7. The van der Waals surface area contributed by atoms with Gasteiger partial charge in [-0.2, -0.15) is 0 Å². The number of fused-ring (bicyclic) bond motifs is 2. The van der Waals surface area contributed by atoms with Crippen molar-refractivity contribution >= 4 is 16.9 Å². The predicted molar refractivity (Wildman–Crippen MR) is 107 cm³/mol. The number of pyridine rings is 1. The van der Waals surface area contributed by atoms with E-state index in [0.29, 0.717) is 30.6 Å². The molecule has 0 aliphatic heterocycles. The highest BCUT2D eigenvalue weighted by Gasteiger charge is 2.18. The first-order valence-electron chi connectivity index (χ1n) is 9.21. The molecule has 5 nitrogen and oxygen atoms in total. The van der Waals surface area contributed by atoms with Crippen molar-refractivity contribution in [1.82, 2.24) is 14.5 Å². The summed E-state index contributed by atoms with van der Waals surface area (Å²) in [4.78, 5) is 32.6. The SMILES string of the molecule is O=C1Cc2ccc(-c3cccc(Cn4c(=O)cnc5cccnc54)c3)cc2C1. The Morgan fingerprint density at radius 2 is 1.71 bits per heavy atom. The van der Waals surface area contributed by atoms with Crippen LogP contribution in [0.5, 0.6) is 0 Å². The summed E-state index contributed by atoms with van der Waals surface area (Å²) in [6.45, 7) is 0.423. The average Bonchev–Trinajstić information content (AvgIpc) is 3.09. The zero-order chi connectivity index (χ0) is 19.1. The summed E-state index contributed by atoms with van der Waals surface area (Å²) in [7, 11) is 0. The van der Waals surface area contributed by atoms with E-state index in [-0.39, 0.29) is 11.3 Å². The number of hydrogen-bond donors (Lipinski definition) is 0. The largest absolute Gasteiger partial charge is 0.299 e. The third-order valence-corrected chi connectivity index (χ3v) is 5.18. The van der Waals surface area contributed by atoms with Crippen LogP contribution in [0.1, 0.15) is 16.7 Å². The Morgan fingerprint density at radius 3 is 2.64 bits per heavy atom. The summed E-state index contributed by atoms with van der Waals surface area (Å²) in [6, 6.07) is 18.0. The van der Waals surface area contributed by atoms with Gasteiger partial charge in [0.15, 0.2) is 5.65 Å². The third kappa shape index (κ3) is 2.91. The molecule has 1 aliphatic carbocycles. The Kier molecular flexibility index (Phi) is 3.86. The fourth-order valence-corrected chi connectivity index (χ4v) is 3.81. The maximum absolute atomic E-state index is 12.4. The lowest BCUT2D eigenvalue weighted by Gasteiger charge is -2.11. The molecule has 0 fully saturated rings. The Bertz CT molecular complexity index is 1290. The molecule has 2 aromatic carbocycles. The molecule has 0 radical (unpaired) electrons. The average molecular weight is 367 g/mol. The summed E-state index contributed by atoms with van der Waals surface area (Å²) < 4.78 is 1.64. The minimum Gasteiger partial charge on any atom is -0.299 e. The van der Waals surface area contributed by atoms with Gasteiger partial charge in [0.1, 0.15) is 11.3 Å². The minimum atomic E-state index is -0.173. The van der Waals surface area contributed by atoms with Crippen molar-refractivity contribution in [3.63, 3.8) is 0 Å². The van der Waals surface area contributed by atoms with Crippen LogP contribution < -0.4 is 5.56 Å². The molecule has 0 atom stereocenters. The van der Waals surface area contributed by atoms with Gasteiger partial charge in [-0.1, -0.05) is 36.4 Å². The van der Waals surface area contributed by atoms with E-state index in [2.05, 4.69) is 28.2 Å². The number of hydrogen-bond acceptors (Lipinski definition) is 4. The molecule has 2 aromatic heterocycles. The molecular weight excluding hydrogens is 350 g/mol. The van der Waals surface area contributed by atoms with E-state index in [4.69, 9.17) is 0 Å². The van der Waals surface area contributed by atoms with Crippen LogP contribution in [0.4, 0.5) is 0 Å². The topological polar surface area (TPSA) is 64.8 Å². The van der Waals surface area contributed by atoms with Crippen LogP contribution in [-0.4, -0.2) is 20.3 Å². The van der Waals surface area contributed by atoms with Crippen molar-refractivity contribution in [2.45, 2.75) is 19.4 Å². The maximum atomic E-state index is 12.4. The summed E-state index contributed by atoms with van der Waals surface area (Å²) in [6.07, 6.45) is 4.07. The number of carbonyl (C=O) groups is 1. The van der Waals surface area contributed by atoms with Crippen LogP contribution in [0, 0.1) is 0 Å². The van der Waals surface area contributed by atoms with Gasteiger partial charge in [-0.05, 0) is 46.0 Å². The van der Waals surface area contributed by atoms with Gasteiger partial charge in [0.05, 0.1) is 12.7 Å². The number of ketones is 1. The molecule has 136 valence electrons. The van der Waals surface area contributed by atoms with Crippen molar-refractivity contribution in [2.24, 2.45) is 0 Å². The van der Waals surface area contributed by atoms with E-state index in [1.807, 2.05) is 36.4 Å². The number of Topliss-reactive ketones (excluding diaryl/α,β-unsaturated/α-hetero) is 1. The van der Waals surface area contributed by atoms with Crippen molar-refractivity contribution in [1.29, 1.82) is 0 Å². The fourth-order valence-electron chi connectivity index (χ4n) is 3.81. The molecule has 4 aromatic rings. The lowest BCUT2D eigenvalue weighted by atomic mass is 9.99. The first kappa shape index (κ1) is 16.6. The molecule has 5 rings (SSSR count). The Morgan fingerprint density at radius 1 is 0.857 bits per heavy atom. The highest BCUT2D eigenvalue weighted by Crippen LogP contribution is 2.27. The Hall–Kier alpha value is -3.60. The van der Waals surface area contributed by atoms with Gasteiger partial charge in [0, 0.05) is 19.0 Å². The molecule has 0 spiro atoms. The van der Waals surface area contributed by atoms with E-state index < -0.39 is 0 Å². The highest BCUT2D eigenvalue weighted by atomic mass is 16.1. The lowest BCUT2D eigenvalue weighted by Crippen LogP contribution is -2.21. The van der Waals surface area contributed by atoms with Crippen molar-refractivity contribution in [3.8, 4) is 11.1 Å². The van der Waals surface area contributed by atoms with E-state index >= 15 is 0 Å². The van der Waals surface area contributed by atoms with E-state index in [1.165, 1.54) is 6.20 Å². The van der Waals surface area contributed by atoms with Crippen molar-refractivity contribution < 1.29 is 4.79 Å². The molecule has 0 unspecified atom stereocenters. The summed E-state index contributed by atoms with van der Waals surface area (Å²) >= 11 is 0. The number of benzene rings is 2. The number of carbonyl (C=O) groups excluding carboxylic acids is 1. The zero-order valence-electron chi connectivity index (χ0n) is 15.1. The Labute approximate surface area is 161 Å². The lowest BCUT2D eigenvalue weighted by molar-refractivity contribution is -0.117. The summed E-state index contributed by atoms with van der Waals surface area (Å²) in [5.74, 6) is 0.275. The normalized spacial score (nSPS) is 13.1. The second-order valence-corrected chi connectivity index (χ2v) is 7.10. The van der Waals surface area contributed by atoms with Gasteiger partial charge < -0.3 is 0 Å². The molecule has 1 aliphatic rings. The quantitative estimate of drug-likeness (QED) is 0.558. The van der Waals surface area contributed by atoms with Gasteiger partial charge in [0.2, 0.25) is 0 Å². The second kappa shape index (κ2) is 6.53. The van der Waals surface area contributed by atoms with Crippen LogP contribution in [0.3, 0.4) is 0 Å². The fraction of sp³-hybridized carbons (Fsp3) is 0.130. The number of aromatic nitrogens is 3. The molecule has 0 N–H and O–H groups in total. The maximum Gasteiger partial charge on any atom is 0.270 e. The van der Waals surface area contributed by atoms with E-state index in [0.717, 1.165) is 27.8 Å². The molecular formula is C23H17N3O2. The first-order valence-corrected chi connectivity index (χ1v) is 9.21. The van der Waals surface area contributed by atoms with Gasteiger partial charge in [0.25, 0.3) is 5.56 Å². The monoisotopic (exact) mass is 367 g/mol. The number of rotatable bonds is 3. The van der Waals surface area contributed by atoms with Gasteiger partial charge >= 0.3 is 0 Å². The molecule has 0 amide bonds. The summed E-state index contributed by atoms with van der Waals surface area (Å²) in [5.41, 5.74) is 6.51. The molecule has 0 saturated carbocycles. The van der Waals surface area contributed by atoms with Crippen molar-refractivity contribution in [3.05, 3.63) is 94.0 Å². The van der Waals surface area contributed by atoms with Crippen LogP contribution in [0.2, 0.25) is 0 Å². The standard InChI is InChI=1S/C23H17N3O2/c27-20-11-18-7-6-17(10-19(18)12-20)16-4-1-3-15(9-16)14-26-22(28)13-25-21-5-2-8-24-23(21)26/h1-10,13H,11-12,14H2. The summed E-state index contributed by atoms with van der Waals surface area (Å²) in [5, 5.41) is 0. The predicted octanol–water partition coefficient (Wildman–Crippen LogP) is 3.17. The third-order valence-electron chi connectivity index (χ3n) is 5.18.